The van der Waals surface area contributed by atoms with Crippen molar-refractivity contribution in [3.8, 4) is 0 Å². The SMILES string of the molecule is CC(=O)O[C@@H](C)C(=O)N1CCC(NC(=O)c2cnc3ccc(N4CCCC4c4cccc(F)c4)nn23)CC1. The Kier molecular flexibility index (Phi) is 7.26. The van der Waals surface area contributed by atoms with E-state index in [1.54, 1.807) is 28.5 Å². The summed E-state index contributed by atoms with van der Waals surface area (Å²) in [4.78, 5) is 44.9. The topological polar surface area (TPSA) is 109 Å². The van der Waals surface area contributed by atoms with Crippen LogP contribution in [0.5, 0.6) is 0 Å². The Morgan fingerprint density at radius 2 is 1.89 bits per heavy atom. The lowest BCUT2D eigenvalue weighted by Crippen LogP contribution is -2.49. The first kappa shape index (κ1) is 25.6. The van der Waals surface area contributed by atoms with Gasteiger partial charge in [-0.2, -0.15) is 0 Å². The minimum absolute atomic E-state index is 0.00732. The van der Waals surface area contributed by atoms with E-state index in [0.29, 0.717) is 43.1 Å². The van der Waals surface area contributed by atoms with Gasteiger partial charge in [-0.1, -0.05) is 12.1 Å². The number of carbonyl (C=O) groups is 3. The van der Waals surface area contributed by atoms with Crippen molar-refractivity contribution in [3.05, 3.63) is 59.7 Å². The fourth-order valence-electron chi connectivity index (χ4n) is 5.33. The van der Waals surface area contributed by atoms with Gasteiger partial charge in [0, 0.05) is 32.6 Å². The molecule has 0 bridgehead atoms. The van der Waals surface area contributed by atoms with Gasteiger partial charge in [-0.3, -0.25) is 14.4 Å². The van der Waals surface area contributed by atoms with Gasteiger partial charge >= 0.3 is 5.97 Å². The fraction of sp³-hybridized carbons (Fsp3) is 0.444. The highest BCUT2D eigenvalue weighted by Gasteiger charge is 2.30. The Labute approximate surface area is 219 Å². The van der Waals surface area contributed by atoms with E-state index in [1.165, 1.54) is 19.2 Å². The number of fused-ring (bicyclic) bond motifs is 1. The number of piperidine rings is 1. The van der Waals surface area contributed by atoms with Crippen LogP contribution in [0.25, 0.3) is 5.65 Å². The van der Waals surface area contributed by atoms with Gasteiger partial charge in [-0.25, -0.2) is 13.9 Å². The van der Waals surface area contributed by atoms with Crippen molar-refractivity contribution in [1.29, 1.82) is 0 Å². The van der Waals surface area contributed by atoms with Crippen LogP contribution in [0.15, 0.2) is 42.6 Å². The van der Waals surface area contributed by atoms with E-state index in [0.717, 1.165) is 24.9 Å². The third kappa shape index (κ3) is 5.32. The molecule has 3 aromatic rings. The summed E-state index contributed by atoms with van der Waals surface area (Å²) in [6, 6.07) is 10.3. The molecular formula is C27H31FN6O4. The van der Waals surface area contributed by atoms with Gasteiger partial charge in [0.25, 0.3) is 11.8 Å². The quantitative estimate of drug-likeness (QED) is 0.496. The van der Waals surface area contributed by atoms with Crippen LogP contribution >= 0.6 is 0 Å². The molecule has 200 valence electrons. The molecule has 2 saturated heterocycles. The number of likely N-dealkylation sites (tertiary alicyclic amines) is 1. The molecular weight excluding hydrogens is 491 g/mol. The second-order valence-electron chi connectivity index (χ2n) is 9.84. The van der Waals surface area contributed by atoms with E-state index in [1.807, 2.05) is 18.2 Å². The maximum Gasteiger partial charge on any atom is 0.303 e. The smallest absolute Gasteiger partial charge is 0.303 e. The molecule has 0 aliphatic carbocycles. The Hall–Kier alpha value is -4.02. The van der Waals surface area contributed by atoms with E-state index in [9.17, 15) is 18.8 Å². The van der Waals surface area contributed by atoms with Gasteiger partial charge in [0.15, 0.2) is 17.4 Å². The molecule has 10 nitrogen and oxygen atoms in total. The number of hydrogen-bond acceptors (Lipinski definition) is 7. The number of imidazole rings is 1. The molecule has 4 heterocycles. The first-order chi connectivity index (χ1) is 18.3. The number of rotatable bonds is 6. The van der Waals surface area contributed by atoms with Gasteiger partial charge in [0.05, 0.1) is 12.2 Å². The molecule has 2 aliphatic heterocycles. The summed E-state index contributed by atoms with van der Waals surface area (Å²) >= 11 is 0. The maximum absolute atomic E-state index is 13.9. The molecule has 1 N–H and O–H groups in total. The van der Waals surface area contributed by atoms with Gasteiger partial charge in [-0.05, 0) is 62.4 Å². The molecule has 0 saturated carbocycles. The normalized spacial score (nSPS) is 19.0. The molecule has 1 unspecified atom stereocenters. The maximum atomic E-state index is 13.9. The molecule has 11 heteroatoms. The summed E-state index contributed by atoms with van der Waals surface area (Å²) in [7, 11) is 0. The first-order valence-electron chi connectivity index (χ1n) is 12.9. The minimum Gasteiger partial charge on any atom is -0.453 e. The van der Waals surface area contributed by atoms with E-state index < -0.39 is 12.1 Å². The van der Waals surface area contributed by atoms with Crippen molar-refractivity contribution in [2.24, 2.45) is 0 Å². The van der Waals surface area contributed by atoms with Crippen molar-refractivity contribution in [2.45, 2.75) is 57.7 Å². The summed E-state index contributed by atoms with van der Waals surface area (Å²) in [6.07, 6.45) is 3.70. The first-order valence-corrected chi connectivity index (χ1v) is 12.9. The highest BCUT2D eigenvalue weighted by atomic mass is 19.1. The van der Waals surface area contributed by atoms with Crippen molar-refractivity contribution in [3.63, 3.8) is 0 Å². The number of ether oxygens (including phenoxy) is 1. The number of esters is 1. The number of hydrogen-bond donors (Lipinski definition) is 1. The number of aromatic nitrogens is 3. The molecule has 2 amide bonds. The number of benzene rings is 1. The zero-order valence-electron chi connectivity index (χ0n) is 21.5. The molecule has 38 heavy (non-hydrogen) atoms. The summed E-state index contributed by atoms with van der Waals surface area (Å²) in [5.41, 5.74) is 1.78. The fourth-order valence-corrected chi connectivity index (χ4v) is 5.33. The van der Waals surface area contributed by atoms with Gasteiger partial charge < -0.3 is 19.9 Å². The summed E-state index contributed by atoms with van der Waals surface area (Å²) in [6.45, 7) is 4.54. The highest BCUT2D eigenvalue weighted by Crippen LogP contribution is 2.35. The van der Waals surface area contributed by atoms with Crippen LogP contribution in [0, 0.1) is 5.82 Å². The second kappa shape index (κ2) is 10.8. The second-order valence-corrected chi connectivity index (χ2v) is 9.84. The Bertz CT molecular complexity index is 1350. The van der Waals surface area contributed by atoms with Crippen LogP contribution in [0.3, 0.4) is 0 Å². The average Bonchev–Trinajstić information content (AvgIpc) is 3.55. The third-order valence-electron chi connectivity index (χ3n) is 7.19. The zero-order valence-corrected chi connectivity index (χ0v) is 21.5. The van der Waals surface area contributed by atoms with E-state index in [4.69, 9.17) is 9.84 Å². The Morgan fingerprint density at radius 3 is 2.63 bits per heavy atom. The predicted molar refractivity (Wildman–Crippen MR) is 137 cm³/mol. The van der Waals surface area contributed by atoms with Crippen molar-refractivity contribution in [2.75, 3.05) is 24.5 Å². The zero-order chi connectivity index (χ0) is 26.8. The van der Waals surface area contributed by atoms with Crippen molar-refractivity contribution in [1.82, 2.24) is 24.8 Å². The molecule has 1 aromatic carbocycles. The van der Waals surface area contributed by atoms with Gasteiger partial charge in [0.2, 0.25) is 0 Å². The molecule has 0 spiro atoms. The third-order valence-corrected chi connectivity index (χ3v) is 7.19. The van der Waals surface area contributed by atoms with Gasteiger partial charge in [-0.15, -0.1) is 5.10 Å². The van der Waals surface area contributed by atoms with Crippen LogP contribution in [0.4, 0.5) is 10.2 Å². The molecule has 2 aliphatic rings. The summed E-state index contributed by atoms with van der Waals surface area (Å²) < 4.78 is 20.4. The minimum atomic E-state index is -0.826. The number of carbonyl (C=O) groups excluding carboxylic acids is 3. The van der Waals surface area contributed by atoms with Crippen molar-refractivity contribution >= 4 is 29.2 Å². The largest absolute Gasteiger partial charge is 0.453 e. The Balaban J connectivity index is 1.26. The number of halogens is 1. The monoisotopic (exact) mass is 522 g/mol. The van der Waals surface area contributed by atoms with Crippen LogP contribution in [-0.4, -0.2) is 69.1 Å². The number of nitrogens with one attached hydrogen (secondary N) is 1. The van der Waals surface area contributed by atoms with E-state index in [2.05, 4.69) is 15.2 Å². The number of anilines is 1. The number of nitrogens with zero attached hydrogens (tertiary/aromatic N) is 5. The Morgan fingerprint density at radius 1 is 1.11 bits per heavy atom. The van der Waals surface area contributed by atoms with Crippen LogP contribution in [-0.2, 0) is 14.3 Å². The van der Waals surface area contributed by atoms with Crippen molar-refractivity contribution < 1.29 is 23.5 Å². The van der Waals surface area contributed by atoms with Gasteiger partial charge in [0.1, 0.15) is 11.6 Å². The lowest BCUT2D eigenvalue weighted by molar-refractivity contribution is -0.157. The average molecular weight is 523 g/mol. The predicted octanol–water partition coefficient (Wildman–Crippen LogP) is 2.88. The molecule has 2 aromatic heterocycles. The van der Waals surface area contributed by atoms with Crippen LogP contribution in [0.1, 0.15) is 61.6 Å². The molecule has 5 rings (SSSR count). The summed E-state index contributed by atoms with van der Waals surface area (Å²) in [5, 5.41) is 7.78. The van der Waals surface area contributed by atoms with Crippen LogP contribution < -0.4 is 10.2 Å². The lowest BCUT2D eigenvalue weighted by atomic mass is 10.0. The molecule has 2 fully saturated rings. The molecule has 2 atom stereocenters. The van der Waals surface area contributed by atoms with E-state index in [-0.39, 0.29) is 29.7 Å². The highest BCUT2D eigenvalue weighted by molar-refractivity contribution is 5.93. The summed E-state index contributed by atoms with van der Waals surface area (Å²) in [5.74, 6) is -0.581. The number of amides is 2. The standard InChI is InChI=1S/C27H31FN6O4/c1-17(38-18(2)35)27(37)32-13-10-21(11-14-32)30-26(36)23-16-29-24-8-9-25(31-34(23)24)33-12-4-7-22(33)19-5-3-6-20(28)15-19/h3,5-6,8-9,15-17,21-22H,4,7,10-14H2,1-2H3,(H,30,36)/t17-,22?/m0/s1. The lowest BCUT2D eigenvalue weighted by Gasteiger charge is -2.33. The molecule has 0 radical (unpaired) electrons. The van der Waals surface area contributed by atoms with Crippen LogP contribution in [0.2, 0.25) is 0 Å². The van der Waals surface area contributed by atoms with E-state index >= 15 is 0 Å².